The number of thiazole rings is 1. The second kappa shape index (κ2) is 8.06. The first-order chi connectivity index (χ1) is 13.9. The monoisotopic (exact) mass is 428 g/mol. The SMILES string of the molecule is Cc1ccc(Cl)c2sc(N(CCN(C)C)C(=O)Cn3nnc4ccccc43)nc12. The average Bonchev–Trinajstić information content (AvgIpc) is 3.31. The quantitative estimate of drug-likeness (QED) is 0.469. The molecule has 0 saturated carbocycles. The van der Waals surface area contributed by atoms with Gasteiger partial charge in [0.25, 0.3) is 5.91 Å². The van der Waals surface area contributed by atoms with Crippen LogP contribution in [0, 0.1) is 6.92 Å². The van der Waals surface area contributed by atoms with Crippen LogP contribution in [0.2, 0.25) is 5.02 Å². The van der Waals surface area contributed by atoms with E-state index in [-0.39, 0.29) is 12.5 Å². The summed E-state index contributed by atoms with van der Waals surface area (Å²) in [6, 6.07) is 11.4. The first-order valence-corrected chi connectivity index (χ1v) is 10.4. The summed E-state index contributed by atoms with van der Waals surface area (Å²) in [6.45, 7) is 3.33. The zero-order chi connectivity index (χ0) is 20.5. The van der Waals surface area contributed by atoms with E-state index in [0.717, 1.165) is 26.8 Å². The molecule has 0 fully saturated rings. The molecule has 0 aliphatic carbocycles. The lowest BCUT2D eigenvalue weighted by molar-refractivity contribution is -0.119. The summed E-state index contributed by atoms with van der Waals surface area (Å²) < 4.78 is 2.53. The van der Waals surface area contributed by atoms with Gasteiger partial charge in [0.1, 0.15) is 12.1 Å². The van der Waals surface area contributed by atoms with E-state index in [1.807, 2.05) is 62.3 Å². The largest absolute Gasteiger partial charge is 0.308 e. The predicted octanol–water partition coefficient (Wildman–Crippen LogP) is 3.60. The van der Waals surface area contributed by atoms with Gasteiger partial charge in [0.05, 0.1) is 20.8 Å². The number of benzene rings is 2. The number of fused-ring (bicyclic) bond motifs is 2. The highest BCUT2D eigenvalue weighted by Crippen LogP contribution is 2.35. The number of aromatic nitrogens is 4. The molecule has 0 spiro atoms. The number of rotatable bonds is 6. The third-order valence-corrected chi connectivity index (χ3v) is 6.23. The molecule has 9 heteroatoms. The van der Waals surface area contributed by atoms with Crippen molar-refractivity contribution in [3.8, 4) is 0 Å². The number of hydrogen-bond donors (Lipinski definition) is 0. The summed E-state index contributed by atoms with van der Waals surface area (Å²) in [5.74, 6) is -0.0877. The average molecular weight is 429 g/mol. The maximum Gasteiger partial charge on any atom is 0.250 e. The third kappa shape index (κ3) is 3.96. The lowest BCUT2D eigenvalue weighted by atomic mass is 10.2. The fourth-order valence-corrected chi connectivity index (χ4v) is 4.44. The fraction of sp³-hybridized carbons (Fsp3) is 0.300. The Morgan fingerprint density at radius 1 is 1.17 bits per heavy atom. The van der Waals surface area contributed by atoms with Crippen LogP contribution in [0.25, 0.3) is 21.3 Å². The molecular formula is C20H21ClN6OS. The summed E-state index contributed by atoms with van der Waals surface area (Å²) in [5, 5.41) is 9.58. The van der Waals surface area contributed by atoms with Crippen molar-refractivity contribution < 1.29 is 4.79 Å². The highest BCUT2D eigenvalue weighted by Gasteiger charge is 2.22. The van der Waals surface area contributed by atoms with E-state index >= 15 is 0 Å². The molecular weight excluding hydrogens is 408 g/mol. The molecule has 29 heavy (non-hydrogen) atoms. The number of para-hydroxylation sites is 1. The molecule has 2 heterocycles. The molecule has 4 aromatic rings. The molecule has 150 valence electrons. The van der Waals surface area contributed by atoms with Crippen molar-refractivity contribution in [2.24, 2.45) is 0 Å². The van der Waals surface area contributed by atoms with Gasteiger partial charge in [0, 0.05) is 13.1 Å². The molecule has 0 N–H and O–H groups in total. The second-order valence-electron chi connectivity index (χ2n) is 7.12. The summed E-state index contributed by atoms with van der Waals surface area (Å²) in [6.07, 6.45) is 0. The molecule has 0 unspecified atom stereocenters. The van der Waals surface area contributed by atoms with E-state index in [4.69, 9.17) is 16.6 Å². The third-order valence-electron chi connectivity index (χ3n) is 4.69. The molecule has 0 bridgehead atoms. The van der Waals surface area contributed by atoms with Crippen molar-refractivity contribution in [1.82, 2.24) is 24.9 Å². The zero-order valence-corrected chi connectivity index (χ0v) is 18.0. The lowest BCUT2D eigenvalue weighted by Crippen LogP contribution is -2.38. The zero-order valence-electron chi connectivity index (χ0n) is 16.5. The molecule has 2 aromatic heterocycles. The van der Waals surface area contributed by atoms with Gasteiger partial charge in [-0.1, -0.05) is 46.4 Å². The van der Waals surface area contributed by atoms with Crippen molar-refractivity contribution in [2.75, 3.05) is 32.1 Å². The van der Waals surface area contributed by atoms with Gasteiger partial charge >= 0.3 is 0 Å². The molecule has 0 radical (unpaired) electrons. The fourth-order valence-electron chi connectivity index (χ4n) is 3.08. The van der Waals surface area contributed by atoms with E-state index in [1.165, 1.54) is 11.3 Å². The van der Waals surface area contributed by atoms with E-state index in [9.17, 15) is 4.79 Å². The first kappa shape index (κ1) is 19.8. The minimum atomic E-state index is -0.0877. The Balaban J connectivity index is 1.69. The van der Waals surface area contributed by atoms with Crippen LogP contribution in [0.15, 0.2) is 36.4 Å². The molecule has 0 atom stereocenters. The highest BCUT2D eigenvalue weighted by molar-refractivity contribution is 7.23. The van der Waals surface area contributed by atoms with Gasteiger partial charge in [-0.3, -0.25) is 9.69 Å². The van der Waals surface area contributed by atoms with Crippen molar-refractivity contribution >= 4 is 55.2 Å². The summed E-state index contributed by atoms with van der Waals surface area (Å²) >= 11 is 7.81. The Hall–Kier alpha value is -2.55. The maximum atomic E-state index is 13.3. The first-order valence-electron chi connectivity index (χ1n) is 9.23. The molecule has 0 saturated heterocycles. The van der Waals surface area contributed by atoms with Crippen LogP contribution >= 0.6 is 22.9 Å². The van der Waals surface area contributed by atoms with E-state index < -0.39 is 0 Å². The van der Waals surface area contributed by atoms with Crippen LogP contribution in [-0.4, -0.2) is 58.0 Å². The summed E-state index contributed by atoms with van der Waals surface area (Å²) in [5.41, 5.74) is 3.47. The van der Waals surface area contributed by atoms with Gasteiger partial charge in [-0.05, 0) is 44.8 Å². The number of nitrogens with zero attached hydrogens (tertiary/aromatic N) is 6. The van der Waals surface area contributed by atoms with E-state index in [0.29, 0.717) is 23.2 Å². The van der Waals surface area contributed by atoms with Crippen LogP contribution in [-0.2, 0) is 11.3 Å². The highest BCUT2D eigenvalue weighted by atomic mass is 35.5. The Labute approximate surface area is 177 Å². The maximum absolute atomic E-state index is 13.3. The molecule has 0 aliphatic rings. The van der Waals surface area contributed by atoms with Crippen LogP contribution in [0.3, 0.4) is 0 Å². The Morgan fingerprint density at radius 2 is 1.97 bits per heavy atom. The number of hydrogen-bond acceptors (Lipinski definition) is 6. The van der Waals surface area contributed by atoms with Gasteiger partial charge < -0.3 is 4.90 Å². The van der Waals surface area contributed by atoms with Crippen molar-refractivity contribution in [3.05, 3.63) is 47.0 Å². The number of carbonyl (C=O) groups is 1. The topological polar surface area (TPSA) is 67.2 Å². The van der Waals surface area contributed by atoms with Gasteiger partial charge in [-0.2, -0.15) is 0 Å². The van der Waals surface area contributed by atoms with Gasteiger partial charge in [-0.25, -0.2) is 9.67 Å². The van der Waals surface area contributed by atoms with Crippen molar-refractivity contribution in [1.29, 1.82) is 0 Å². The minimum Gasteiger partial charge on any atom is -0.308 e. The predicted molar refractivity (Wildman–Crippen MR) is 118 cm³/mol. The number of amides is 1. The molecule has 1 amide bonds. The van der Waals surface area contributed by atoms with Crippen LogP contribution in [0.5, 0.6) is 0 Å². The van der Waals surface area contributed by atoms with Gasteiger partial charge in [0.2, 0.25) is 0 Å². The van der Waals surface area contributed by atoms with Crippen LogP contribution < -0.4 is 4.90 Å². The Kier molecular flexibility index (Phi) is 5.49. The second-order valence-corrected chi connectivity index (χ2v) is 8.51. The number of anilines is 1. The van der Waals surface area contributed by atoms with E-state index in [2.05, 4.69) is 10.3 Å². The van der Waals surface area contributed by atoms with Gasteiger partial charge in [0.15, 0.2) is 5.13 Å². The molecule has 2 aromatic carbocycles. The normalized spacial score (nSPS) is 11.6. The number of aryl methyl sites for hydroxylation is 1. The number of halogens is 1. The van der Waals surface area contributed by atoms with Crippen LogP contribution in [0.4, 0.5) is 5.13 Å². The standard InChI is InChI=1S/C20H21ClN6OS/c1-13-8-9-14(21)19-18(13)22-20(29-19)26(11-10-25(2)3)17(28)12-27-16-7-5-4-6-15(16)23-24-27/h4-9H,10-12H2,1-3H3. The Bertz CT molecular complexity index is 1150. The molecule has 7 nitrogen and oxygen atoms in total. The number of carbonyl (C=O) groups excluding carboxylic acids is 1. The molecule has 4 rings (SSSR count). The summed E-state index contributed by atoms with van der Waals surface area (Å²) in [7, 11) is 3.96. The summed E-state index contributed by atoms with van der Waals surface area (Å²) in [4.78, 5) is 21.8. The minimum absolute atomic E-state index is 0.0877. The smallest absolute Gasteiger partial charge is 0.250 e. The van der Waals surface area contributed by atoms with Crippen molar-refractivity contribution in [2.45, 2.75) is 13.5 Å². The lowest BCUT2D eigenvalue weighted by Gasteiger charge is -2.22. The van der Waals surface area contributed by atoms with Crippen molar-refractivity contribution in [3.63, 3.8) is 0 Å². The molecule has 0 aliphatic heterocycles. The van der Waals surface area contributed by atoms with Crippen LogP contribution in [0.1, 0.15) is 5.56 Å². The van der Waals surface area contributed by atoms with E-state index in [1.54, 1.807) is 9.58 Å². The number of likely N-dealkylation sites (N-methyl/N-ethyl adjacent to an activating group) is 1. The van der Waals surface area contributed by atoms with Gasteiger partial charge in [-0.15, -0.1) is 5.10 Å². The Morgan fingerprint density at radius 3 is 2.72 bits per heavy atom.